The third kappa shape index (κ3) is 4.29. The summed E-state index contributed by atoms with van der Waals surface area (Å²) in [6, 6.07) is 7.98. The van der Waals surface area contributed by atoms with Gasteiger partial charge in [0, 0.05) is 43.2 Å². The first kappa shape index (κ1) is 17.3. The summed E-state index contributed by atoms with van der Waals surface area (Å²) in [5, 5.41) is 2.56. The van der Waals surface area contributed by atoms with Crippen LogP contribution in [0.5, 0.6) is 0 Å². The van der Waals surface area contributed by atoms with Crippen molar-refractivity contribution in [3.05, 3.63) is 54.4 Å². The molecule has 3 rings (SSSR count). The number of carbonyl (C=O) groups excluding carboxylic acids is 1. The lowest BCUT2D eigenvalue weighted by atomic mass is 10.1. The van der Waals surface area contributed by atoms with Crippen LogP contribution < -0.4 is 10.2 Å². The minimum Gasteiger partial charge on any atom is -0.374 e. The van der Waals surface area contributed by atoms with E-state index < -0.39 is 12.2 Å². The van der Waals surface area contributed by atoms with Crippen molar-refractivity contribution in [3.8, 4) is 0 Å². The SMILES string of the molecule is O=C1CCCN1c1cccc(NC(Cc2ccncc2)C(F)(F)F)c1. The molecule has 0 radical (unpaired) electrons. The number of pyridine rings is 1. The molecule has 1 N–H and O–H groups in total. The first-order chi connectivity index (χ1) is 11.9. The summed E-state index contributed by atoms with van der Waals surface area (Å²) in [6.07, 6.45) is -0.402. The van der Waals surface area contributed by atoms with Gasteiger partial charge < -0.3 is 10.2 Å². The minimum absolute atomic E-state index is 0.00121. The molecule has 7 heteroatoms. The number of benzene rings is 1. The van der Waals surface area contributed by atoms with Crippen molar-refractivity contribution in [1.29, 1.82) is 0 Å². The van der Waals surface area contributed by atoms with Gasteiger partial charge in [-0.3, -0.25) is 9.78 Å². The van der Waals surface area contributed by atoms with E-state index in [4.69, 9.17) is 0 Å². The normalized spacial score (nSPS) is 16.1. The molecule has 132 valence electrons. The molecule has 4 nitrogen and oxygen atoms in total. The maximum atomic E-state index is 13.4. The zero-order valence-corrected chi connectivity index (χ0v) is 13.5. The molecule has 0 saturated carbocycles. The van der Waals surface area contributed by atoms with Gasteiger partial charge in [-0.1, -0.05) is 6.07 Å². The molecule has 1 aliphatic heterocycles. The average molecular weight is 349 g/mol. The maximum Gasteiger partial charge on any atom is 0.408 e. The number of alkyl halides is 3. The lowest BCUT2D eigenvalue weighted by Gasteiger charge is -2.24. The Morgan fingerprint density at radius 2 is 1.96 bits per heavy atom. The summed E-state index contributed by atoms with van der Waals surface area (Å²) in [6.45, 7) is 0.599. The van der Waals surface area contributed by atoms with Gasteiger partial charge in [-0.25, -0.2) is 0 Å². The van der Waals surface area contributed by atoms with Gasteiger partial charge in [0.25, 0.3) is 0 Å². The quantitative estimate of drug-likeness (QED) is 0.893. The second-order valence-electron chi connectivity index (χ2n) is 6.00. The summed E-state index contributed by atoms with van der Waals surface area (Å²) in [4.78, 5) is 17.3. The Bertz CT molecular complexity index is 734. The predicted molar refractivity (Wildman–Crippen MR) is 89.4 cm³/mol. The topological polar surface area (TPSA) is 45.2 Å². The van der Waals surface area contributed by atoms with Crippen LogP contribution in [-0.4, -0.2) is 29.7 Å². The highest BCUT2D eigenvalue weighted by Crippen LogP contribution is 2.29. The van der Waals surface area contributed by atoms with Crippen molar-refractivity contribution in [1.82, 2.24) is 4.98 Å². The Morgan fingerprint density at radius 3 is 2.60 bits per heavy atom. The Labute approximate surface area is 143 Å². The number of nitrogens with one attached hydrogen (secondary N) is 1. The van der Waals surface area contributed by atoms with E-state index in [2.05, 4.69) is 10.3 Å². The number of hydrogen-bond acceptors (Lipinski definition) is 3. The Morgan fingerprint density at radius 1 is 1.20 bits per heavy atom. The third-order valence-corrected chi connectivity index (χ3v) is 4.16. The first-order valence-corrected chi connectivity index (χ1v) is 8.06. The molecular weight excluding hydrogens is 331 g/mol. The molecule has 25 heavy (non-hydrogen) atoms. The lowest BCUT2D eigenvalue weighted by molar-refractivity contribution is -0.142. The van der Waals surface area contributed by atoms with Crippen LogP contribution >= 0.6 is 0 Å². The Kier molecular flexibility index (Phi) is 4.92. The monoisotopic (exact) mass is 349 g/mol. The molecule has 1 saturated heterocycles. The average Bonchev–Trinajstić information content (AvgIpc) is 3.01. The van der Waals surface area contributed by atoms with Gasteiger partial charge in [-0.2, -0.15) is 13.2 Å². The highest BCUT2D eigenvalue weighted by molar-refractivity contribution is 5.95. The van der Waals surface area contributed by atoms with Gasteiger partial charge in [0.15, 0.2) is 0 Å². The number of anilines is 2. The molecule has 1 atom stereocenters. The molecule has 1 aromatic heterocycles. The molecule has 2 heterocycles. The second kappa shape index (κ2) is 7.13. The largest absolute Gasteiger partial charge is 0.408 e. The summed E-state index contributed by atoms with van der Waals surface area (Å²) in [5.74, 6) is 0.00121. The van der Waals surface area contributed by atoms with Crippen molar-refractivity contribution in [3.63, 3.8) is 0 Å². The van der Waals surface area contributed by atoms with Crippen LogP contribution in [0.25, 0.3) is 0 Å². The highest BCUT2D eigenvalue weighted by Gasteiger charge is 2.39. The summed E-state index contributed by atoms with van der Waals surface area (Å²) in [5.41, 5.74) is 1.52. The van der Waals surface area contributed by atoms with E-state index in [1.165, 1.54) is 12.4 Å². The minimum atomic E-state index is -4.40. The molecule has 0 bridgehead atoms. The number of hydrogen-bond donors (Lipinski definition) is 1. The lowest BCUT2D eigenvalue weighted by Crippen LogP contribution is -2.38. The van der Waals surface area contributed by atoms with Gasteiger partial charge in [-0.15, -0.1) is 0 Å². The van der Waals surface area contributed by atoms with Crippen LogP contribution in [0.15, 0.2) is 48.8 Å². The fourth-order valence-corrected chi connectivity index (χ4v) is 2.89. The molecule has 1 fully saturated rings. The molecule has 1 unspecified atom stereocenters. The van der Waals surface area contributed by atoms with Crippen LogP contribution in [-0.2, 0) is 11.2 Å². The summed E-state index contributed by atoms with van der Waals surface area (Å²) < 4.78 is 40.2. The molecule has 0 spiro atoms. The predicted octanol–water partition coefficient (Wildman–Crippen LogP) is 3.79. The number of carbonyl (C=O) groups is 1. The fourth-order valence-electron chi connectivity index (χ4n) is 2.89. The second-order valence-corrected chi connectivity index (χ2v) is 6.00. The maximum absolute atomic E-state index is 13.4. The standard InChI is InChI=1S/C18H18F3N3O/c19-18(20,21)16(11-13-6-8-22-9-7-13)23-14-3-1-4-15(12-14)24-10-2-5-17(24)25/h1,3-4,6-9,12,16,23H,2,5,10-11H2. The fraction of sp³-hybridized carbons (Fsp3) is 0.333. The van der Waals surface area contributed by atoms with Crippen molar-refractivity contribution in [2.75, 3.05) is 16.8 Å². The number of amides is 1. The molecule has 1 aromatic carbocycles. The summed E-state index contributed by atoms with van der Waals surface area (Å²) in [7, 11) is 0. The van der Waals surface area contributed by atoms with Crippen LogP contribution in [0.1, 0.15) is 18.4 Å². The molecule has 2 aromatic rings. The first-order valence-electron chi connectivity index (χ1n) is 8.06. The van der Waals surface area contributed by atoms with Crippen LogP contribution in [0.4, 0.5) is 24.5 Å². The molecular formula is C18H18F3N3O. The Hall–Kier alpha value is -2.57. The van der Waals surface area contributed by atoms with Gasteiger partial charge in [0.2, 0.25) is 5.91 Å². The van der Waals surface area contributed by atoms with Gasteiger partial charge >= 0.3 is 6.18 Å². The third-order valence-electron chi connectivity index (χ3n) is 4.16. The molecule has 1 amide bonds. The van der Waals surface area contributed by atoms with E-state index in [1.54, 1.807) is 41.3 Å². The highest BCUT2D eigenvalue weighted by atomic mass is 19.4. The van der Waals surface area contributed by atoms with E-state index in [0.717, 1.165) is 6.42 Å². The van der Waals surface area contributed by atoms with Crippen LogP contribution in [0.2, 0.25) is 0 Å². The van der Waals surface area contributed by atoms with E-state index in [0.29, 0.717) is 29.9 Å². The van der Waals surface area contributed by atoms with Crippen molar-refractivity contribution in [2.24, 2.45) is 0 Å². The Balaban J connectivity index is 1.79. The van der Waals surface area contributed by atoms with E-state index in [9.17, 15) is 18.0 Å². The number of rotatable bonds is 5. The van der Waals surface area contributed by atoms with Gasteiger partial charge in [-0.05, 0) is 42.3 Å². The van der Waals surface area contributed by atoms with E-state index >= 15 is 0 Å². The summed E-state index contributed by atoms with van der Waals surface area (Å²) >= 11 is 0. The smallest absolute Gasteiger partial charge is 0.374 e. The van der Waals surface area contributed by atoms with Crippen molar-refractivity contribution in [2.45, 2.75) is 31.5 Å². The van der Waals surface area contributed by atoms with Crippen LogP contribution in [0.3, 0.4) is 0 Å². The van der Waals surface area contributed by atoms with Gasteiger partial charge in [0.1, 0.15) is 6.04 Å². The van der Waals surface area contributed by atoms with Gasteiger partial charge in [0.05, 0.1) is 0 Å². The zero-order chi connectivity index (χ0) is 17.9. The van der Waals surface area contributed by atoms with E-state index in [-0.39, 0.29) is 12.3 Å². The zero-order valence-electron chi connectivity index (χ0n) is 13.5. The number of nitrogens with zero attached hydrogens (tertiary/aromatic N) is 2. The van der Waals surface area contributed by atoms with Crippen LogP contribution in [0, 0.1) is 0 Å². The molecule has 1 aliphatic rings. The van der Waals surface area contributed by atoms with E-state index in [1.807, 2.05) is 0 Å². The number of halogens is 3. The molecule has 0 aliphatic carbocycles. The van der Waals surface area contributed by atoms with Crippen molar-refractivity contribution >= 4 is 17.3 Å². The van der Waals surface area contributed by atoms with Crippen molar-refractivity contribution < 1.29 is 18.0 Å². The number of aromatic nitrogens is 1.